The molecular weight excluding hydrogens is 351 g/mol. The van der Waals surface area contributed by atoms with Crippen molar-refractivity contribution in [1.82, 2.24) is 20.2 Å². The standard InChI is InChI=1S/C16H22N4O2.2ClH/c1-10(18-16(21)14-11(2)22-9-8-17-14)15-19-12-6-4-5-7-13(12)20(15)3;;/h4-7,10-11,14,17H,8-9H2,1-3H3,(H,18,21);2*1H/t10?,11-,14+;;/m1../s1. The zero-order valence-corrected chi connectivity index (χ0v) is 15.6. The van der Waals surface area contributed by atoms with Crippen molar-refractivity contribution in [2.75, 3.05) is 13.2 Å². The molecule has 24 heavy (non-hydrogen) atoms. The third kappa shape index (κ3) is 4.00. The highest BCUT2D eigenvalue weighted by Crippen LogP contribution is 2.19. The summed E-state index contributed by atoms with van der Waals surface area (Å²) in [5, 5.41) is 6.24. The smallest absolute Gasteiger partial charge is 0.240 e. The molecule has 2 aromatic rings. The van der Waals surface area contributed by atoms with Gasteiger partial charge in [0.15, 0.2) is 0 Å². The maximum atomic E-state index is 12.4. The van der Waals surface area contributed by atoms with Gasteiger partial charge < -0.3 is 19.9 Å². The number of rotatable bonds is 3. The average Bonchev–Trinajstić information content (AvgIpc) is 2.85. The van der Waals surface area contributed by atoms with Crippen LogP contribution in [-0.2, 0) is 16.6 Å². The zero-order valence-electron chi connectivity index (χ0n) is 14.0. The van der Waals surface area contributed by atoms with Crippen LogP contribution in [0.4, 0.5) is 0 Å². The van der Waals surface area contributed by atoms with Crippen LogP contribution >= 0.6 is 24.8 Å². The first-order valence-electron chi connectivity index (χ1n) is 7.64. The lowest BCUT2D eigenvalue weighted by atomic mass is 10.1. The number of ether oxygens (including phenoxy) is 1. The summed E-state index contributed by atoms with van der Waals surface area (Å²) in [6.45, 7) is 5.21. The molecule has 0 spiro atoms. The van der Waals surface area contributed by atoms with Crippen LogP contribution in [0.2, 0.25) is 0 Å². The summed E-state index contributed by atoms with van der Waals surface area (Å²) >= 11 is 0. The normalized spacial score (nSPS) is 21.5. The van der Waals surface area contributed by atoms with Gasteiger partial charge in [0.2, 0.25) is 5.91 Å². The van der Waals surface area contributed by atoms with E-state index in [0.717, 1.165) is 16.9 Å². The van der Waals surface area contributed by atoms with Gasteiger partial charge in [-0.25, -0.2) is 4.98 Å². The Kier molecular flexibility index (Phi) is 7.48. The fourth-order valence-electron chi connectivity index (χ4n) is 2.95. The fraction of sp³-hybridized carbons (Fsp3) is 0.500. The Balaban J connectivity index is 0.00000144. The molecule has 1 fully saturated rings. The molecule has 0 bridgehead atoms. The van der Waals surface area contributed by atoms with Gasteiger partial charge in [-0.3, -0.25) is 4.79 Å². The quantitative estimate of drug-likeness (QED) is 0.861. The molecule has 6 nitrogen and oxygen atoms in total. The van der Waals surface area contributed by atoms with E-state index in [0.29, 0.717) is 13.2 Å². The van der Waals surface area contributed by atoms with Crippen LogP contribution in [0.25, 0.3) is 11.0 Å². The van der Waals surface area contributed by atoms with Crippen molar-refractivity contribution >= 4 is 41.8 Å². The van der Waals surface area contributed by atoms with Crippen molar-refractivity contribution in [3.63, 3.8) is 0 Å². The lowest BCUT2D eigenvalue weighted by Gasteiger charge is -2.30. The van der Waals surface area contributed by atoms with E-state index in [1.54, 1.807) is 0 Å². The Morgan fingerprint density at radius 3 is 2.79 bits per heavy atom. The molecule has 2 N–H and O–H groups in total. The number of carbonyl (C=O) groups is 1. The van der Waals surface area contributed by atoms with Crippen molar-refractivity contribution in [1.29, 1.82) is 0 Å². The summed E-state index contributed by atoms with van der Waals surface area (Å²) in [6.07, 6.45) is -0.124. The summed E-state index contributed by atoms with van der Waals surface area (Å²) in [5.74, 6) is 0.797. The highest BCUT2D eigenvalue weighted by Gasteiger charge is 2.29. The number of benzene rings is 1. The van der Waals surface area contributed by atoms with Crippen molar-refractivity contribution in [2.45, 2.75) is 32.0 Å². The molecular formula is C16H24Cl2N4O2. The number of morpholine rings is 1. The number of aromatic nitrogens is 2. The van der Waals surface area contributed by atoms with Gasteiger partial charge >= 0.3 is 0 Å². The number of nitrogens with zero attached hydrogens (tertiary/aromatic N) is 2. The lowest BCUT2D eigenvalue weighted by Crippen LogP contribution is -2.55. The highest BCUT2D eigenvalue weighted by molar-refractivity contribution is 5.85. The van der Waals surface area contributed by atoms with E-state index in [1.807, 2.05) is 49.7 Å². The van der Waals surface area contributed by atoms with E-state index < -0.39 is 0 Å². The van der Waals surface area contributed by atoms with E-state index in [9.17, 15) is 4.79 Å². The van der Waals surface area contributed by atoms with Gasteiger partial charge in [0, 0.05) is 13.6 Å². The maximum Gasteiger partial charge on any atom is 0.240 e. The van der Waals surface area contributed by atoms with Crippen LogP contribution < -0.4 is 10.6 Å². The van der Waals surface area contributed by atoms with E-state index in [-0.39, 0.29) is 48.9 Å². The predicted octanol–water partition coefficient (Wildman–Crippen LogP) is 1.97. The Morgan fingerprint density at radius 2 is 2.12 bits per heavy atom. The number of aryl methyl sites for hydroxylation is 1. The van der Waals surface area contributed by atoms with Gasteiger partial charge in [0.1, 0.15) is 11.9 Å². The van der Waals surface area contributed by atoms with Crippen LogP contribution in [0.3, 0.4) is 0 Å². The molecule has 1 aromatic heterocycles. The highest BCUT2D eigenvalue weighted by atomic mass is 35.5. The average molecular weight is 375 g/mol. The molecule has 1 aromatic carbocycles. The van der Waals surface area contributed by atoms with Crippen molar-refractivity contribution < 1.29 is 9.53 Å². The van der Waals surface area contributed by atoms with Crippen LogP contribution in [0.1, 0.15) is 25.7 Å². The molecule has 0 radical (unpaired) electrons. The zero-order chi connectivity index (χ0) is 15.7. The minimum absolute atomic E-state index is 0. The number of halogens is 2. The molecule has 2 heterocycles. The number of para-hydroxylation sites is 2. The molecule has 0 aliphatic carbocycles. The van der Waals surface area contributed by atoms with Gasteiger partial charge in [-0.1, -0.05) is 12.1 Å². The number of hydrogen-bond donors (Lipinski definition) is 2. The summed E-state index contributed by atoms with van der Waals surface area (Å²) < 4.78 is 7.55. The van der Waals surface area contributed by atoms with Gasteiger partial charge in [0.05, 0.1) is 29.8 Å². The monoisotopic (exact) mass is 374 g/mol. The first-order chi connectivity index (χ1) is 10.6. The summed E-state index contributed by atoms with van der Waals surface area (Å²) in [4.78, 5) is 17.1. The molecule has 8 heteroatoms. The minimum atomic E-state index is -0.314. The third-order valence-corrected chi connectivity index (χ3v) is 4.17. The van der Waals surface area contributed by atoms with Gasteiger partial charge in [-0.15, -0.1) is 24.8 Å². The van der Waals surface area contributed by atoms with Crippen LogP contribution in [0.15, 0.2) is 24.3 Å². The predicted molar refractivity (Wildman–Crippen MR) is 99.0 cm³/mol. The molecule has 0 saturated carbocycles. The van der Waals surface area contributed by atoms with E-state index in [2.05, 4.69) is 15.6 Å². The number of amides is 1. The fourth-order valence-corrected chi connectivity index (χ4v) is 2.95. The molecule has 1 aliphatic rings. The van der Waals surface area contributed by atoms with Crippen LogP contribution in [0.5, 0.6) is 0 Å². The number of hydrogen-bond acceptors (Lipinski definition) is 4. The third-order valence-electron chi connectivity index (χ3n) is 4.17. The SMILES string of the molecule is CC(NC(=O)[C@H]1NCCO[C@@H]1C)c1nc2ccccc2n1C.Cl.Cl. The van der Waals surface area contributed by atoms with E-state index in [4.69, 9.17) is 4.74 Å². The van der Waals surface area contributed by atoms with Crippen molar-refractivity contribution in [3.8, 4) is 0 Å². The number of carbonyl (C=O) groups excluding carboxylic acids is 1. The topological polar surface area (TPSA) is 68.2 Å². The van der Waals surface area contributed by atoms with Gasteiger partial charge in [-0.05, 0) is 26.0 Å². The maximum absolute atomic E-state index is 12.4. The molecule has 1 aliphatic heterocycles. The Hall–Kier alpha value is -1.34. The number of nitrogens with one attached hydrogen (secondary N) is 2. The molecule has 3 rings (SSSR count). The molecule has 1 amide bonds. The molecule has 3 atom stereocenters. The Morgan fingerprint density at radius 1 is 1.42 bits per heavy atom. The van der Waals surface area contributed by atoms with Gasteiger partial charge in [-0.2, -0.15) is 0 Å². The second-order valence-electron chi connectivity index (χ2n) is 5.76. The molecule has 1 saturated heterocycles. The number of imidazole rings is 1. The molecule has 1 unspecified atom stereocenters. The Bertz CT molecular complexity index is 692. The van der Waals surface area contributed by atoms with Crippen LogP contribution in [-0.4, -0.2) is 40.8 Å². The van der Waals surface area contributed by atoms with Crippen molar-refractivity contribution in [2.24, 2.45) is 7.05 Å². The van der Waals surface area contributed by atoms with E-state index >= 15 is 0 Å². The lowest BCUT2D eigenvalue weighted by molar-refractivity contribution is -0.129. The Labute approximate surface area is 154 Å². The first kappa shape index (κ1) is 20.7. The molecule has 134 valence electrons. The second kappa shape index (κ2) is 8.67. The van der Waals surface area contributed by atoms with Gasteiger partial charge in [0.25, 0.3) is 0 Å². The largest absolute Gasteiger partial charge is 0.375 e. The van der Waals surface area contributed by atoms with E-state index in [1.165, 1.54) is 0 Å². The summed E-state index contributed by atoms with van der Waals surface area (Å²) in [6, 6.07) is 7.48. The van der Waals surface area contributed by atoms with Crippen molar-refractivity contribution in [3.05, 3.63) is 30.1 Å². The summed E-state index contributed by atoms with van der Waals surface area (Å²) in [7, 11) is 1.97. The minimum Gasteiger partial charge on any atom is -0.375 e. The number of fused-ring (bicyclic) bond motifs is 1. The summed E-state index contributed by atoms with van der Waals surface area (Å²) in [5.41, 5.74) is 2.00. The second-order valence-corrected chi connectivity index (χ2v) is 5.76. The first-order valence-corrected chi connectivity index (χ1v) is 7.64. The van der Waals surface area contributed by atoms with Crippen LogP contribution in [0, 0.1) is 0 Å².